The molecule has 21 heavy (non-hydrogen) atoms. The molecule has 1 aromatic heterocycles. The standard InChI is InChI=1S/C16H19BrN2OS/c1-11-9-12(6-7-13(11)17)16(20)18-10-14(19(2)3)15-5-4-8-21-15/h4-9,14H,10H2,1-3H3,(H,18,20). The molecule has 0 fully saturated rings. The van der Waals surface area contributed by atoms with Gasteiger partial charge in [0.25, 0.3) is 5.91 Å². The minimum absolute atomic E-state index is 0.0333. The molecule has 2 aromatic rings. The molecule has 0 radical (unpaired) electrons. The number of aryl methyl sites for hydroxylation is 1. The van der Waals surface area contributed by atoms with Gasteiger partial charge in [-0.2, -0.15) is 0 Å². The summed E-state index contributed by atoms with van der Waals surface area (Å²) in [4.78, 5) is 15.6. The smallest absolute Gasteiger partial charge is 0.251 e. The first-order chi connectivity index (χ1) is 9.99. The topological polar surface area (TPSA) is 32.3 Å². The van der Waals surface area contributed by atoms with Crippen molar-refractivity contribution in [2.45, 2.75) is 13.0 Å². The number of thiophene rings is 1. The number of benzene rings is 1. The molecule has 1 aromatic carbocycles. The molecule has 3 nitrogen and oxygen atoms in total. The van der Waals surface area contributed by atoms with Crippen molar-refractivity contribution >= 4 is 33.2 Å². The average Bonchev–Trinajstić information content (AvgIpc) is 2.95. The molecule has 0 saturated heterocycles. The van der Waals surface area contributed by atoms with Crippen LogP contribution >= 0.6 is 27.3 Å². The van der Waals surface area contributed by atoms with Gasteiger partial charge in [-0.1, -0.05) is 22.0 Å². The lowest BCUT2D eigenvalue weighted by molar-refractivity contribution is 0.0942. The lowest BCUT2D eigenvalue weighted by atomic mass is 10.1. The normalized spacial score (nSPS) is 12.4. The highest BCUT2D eigenvalue weighted by Crippen LogP contribution is 2.22. The van der Waals surface area contributed by atoms with E-state index in [2.05, 4.69) is 37.6 Å². The van der Waals surface area contributed by atoms with E-state index in [0.29, 0.717) is 12.1 Å². The van der Waals surface area contributed by atoms with Crippen molar-refractivity contribution in [3.05, 3.63) is 56.2 Å². The third-order valence-corrected chi connectivity index (χ3v) is 5.23. The van der Waals surface area contributed by atoms with Gasteiger partial charge in [0.1, 0.15) is 0 Å². The van der Waals surface area contributed by atoms with Crippen molar-refractivity contribution in [1.82, 2.24) is 10.2 Å². The number of nitrogens with zero attached hydrogens (tertiary/aromatic N) is 1. The Morgan fingerprint density at radius 2 is 2.14 bits per heavy atom. The maximum atomic E-state index is 12.3. The Kier molecular flexibility index (Phi) is 5.56. The number of likely N-dealkylation sites (N-methyl/N-ethyl adjacent to an activating group) is 1. The zero-order valence-corrected chi connectivity index (χ0v) is 14.8. The Hall–Kier alpha value is -1.17. The Balaban J connectivity index is 2.03. The summed E-state index contributed by atoms with van der Waals surface area (Å²) in [6.45, 7) is 2.58. The van der Waals surface area contributed by atoms with Crippen LogP contribution in [0.1, 0.15) is 26.8 Å². The van der Waals surface area contributed by atoms with Gasteiger partial charge in [0.15, 0.2) is 0 Å². The zero-order chi connectivity index (χ0) is 15.4. The van der Waals surface area contributed by atoms with E-state index >= 15 is 0 Å². The van der Waals surface area contributed by atoms with Crippen molar-refractivity contribution in [2.75, 3.05) is 20.6 Å². The lowest BCUT2D eigenvalue weighted by Gasteiger charge is -2.23. The van der Waals surface area contributed by atoms with E-state index in [1.54, 1.807) is 11.3 Å². The minimum atomic E-state index is -0.0333. The van der Waals surface area contributed by atoms with E-state index in [1.165, 1.54) is 4.88 Å². The molecule has 0 aliphatic heterocycles. The molecule has 0 bridgehead atoms. The van der Waals surface area contributed by atoms with Crippen LogP contribution in [0, 0.1) is 6.92 Å². The number of hydrogen-bond donors (Lipinski definition) is 1. The van der Waals surface area contributed by atoms with Crippen LogP contribution in [0.5, 0.6) is 0 Å². The number of carbonyl (C=O) groups is 1. The molecule has 5 heteroatoms. The van der Waals surface area contributed by atoms with E-state index in [4.69, 9.17) is 0 Å². The van der Waals surface area contributed by atoms with Gasteiger partial charge in [0, 0.05) is 21.5 Å². The summed E-state index contributed by atoms with van der Waals surface area (Å²) in [5.74, 6) is -0.0333. The predicted molar refractivity (Wildman–Crippen MR) is 92.0 cm³/mol. The number of halogens is 1. The number of rotatable bonds is 5. The Bertz CT molecular complexity index is 611. The molecule has 1 atom stereocenters. The molecule has 0 saturated carbocycles. The number of carbonyl (C=O) groups excluding carboxylic acids is 1. The summed E-state index contributed by atoms with van der Waals surface area (Å²) in [6, 6.07) is 9.98. The van der Waals surface area contributed by atoms with Crippen molar-refractivity contribution in [1.29, 1.82) is 0 Å². The van der Waals surface area contributed by atoms with Crippen LogP contribution in [-0.4, -0.2) is 31.4 Å². The number of amides is 1. The van der Waals surface area contributed by atoms with Gasteiger partial charge < -0.3 is 10.2 Å². The van der Waals surface area contributed by atoms with Gasteiger partial charge in [-0.15, -0.1) is 11.3 Å². The third kappa shape index (κ3) is 4.15. The SMILES string of the molecule is Cc1cc(C(=O)NCC(c2cccs2)N(C)C)ccc1Br. The Morgan fingerprint density at radius 1 is 1.38 bits per heavy atom. The first-order valence-corrected chi connectivity index (χ1v) is 8.40. The van der Waals surface area contributed by atoms with Crippen molar-refractivity contribution in [3.8, 4) is 0 Å². The second kappa shape index (κ2) is 7.20. The highest BCUT2D eigenvalue weighted by Gasteiger charge is 2.16. The summed E-state index contributed by atoms with van der Waals surface area (Å²) >= 11 is 5.16. The van der Waals surface area contributed by atoms with Crippen LogP contribution in [0.4, 0.5) is 0 Å². The molecule has 1 N–H and O–H groups in total. The fraction of sp³-hybridized carbons (Fsp3) is 0.312. The monoisotopic (exact) mass is 366 g/mol. The Labute approximate surface area is 138 Å². The molecule has 112 valence electrons. The number of hydrogen-bond acceptors (Lipinski definition) is 3. The molecule has 1 amide bonds. The predicted octanol–water partition coefficient (Wildman–Crippen LogP) is 3.85. The van der Waals surface area contributed by atoms with E-state index in [1.807, 2.05) is 45.3 Å². The van der Waals surface area contributed by atoms with Crippen LogP contribution in [-0.2, 0) is 0 Å². The molecule has 0 spiro atoms. The zero-order valence-electron chi connectivity index (χ0n) is 12.4. The first-order valence-electron chi connectivity index (χ1n) is 6.73. The summed E-state index contributed by atoms with van der Waals surface area (Å²) in [6.07, 6.45) is 0. The van der Waals surface area contributed by atoms with Crippen LogP contribution in [0.25, 0.3) is 0 Å². The number of nitrogens with one attached hydrogen (secondary N) is 1. The van der Waals surface area contributed by atoms with E-state index < -0.39 is 0 Å². The molecule has 0 aliphatic rings. The van der Waals surface area contributed by atoms with E-state index in [9.17, 15) is 4.79 Å². The first kappa shape index (κ1) is 16.2. The quantitative estimate of drug-likeness (QED) is 0.871. The molecular formula is C16H19BrN2OS. The summed E-state index contributed by atoms with van der Waals surface area (Å²) in [7, 11) is 4.06. The summed E-state index contributed by atoms with van der Waals surface area (Å²) in [5.41, 5.74) is 1.75. The van der Waals surface area contributed by atoms with Crippen LogP contribution in [0.3, 0.4) is 0 Å². The maximum Gasteiger partial charge on any atom is 0.251 e. The fourth-order valence-electron chi connectivity index (χ4n) is 2.10. The van der Waals surface area contributed by atoms with Crippen molar-refractivity contribution in [2.24, 2.45) is 0 Å². The second-order valence-corrected chi connectivity index (χ2v) is 7.00. The molecule has 1 heterocycles. The van der Waals surface area contributed by atoms with Crippen LogP contribution < -0.4 is 5.32 Å². The van der Waals surface area contributed by atoms with E-state index in [-0.39, 0.29) is 11.9 Å². The van der Waals surface area contributed by atoms with Crippen molar-refractivity contribution < 1.29 is 4.79 Å². The van der Waals surface area contributed by atoms with E-state index in [0.717, 1.165) is 10.0 Å². The summed E-state index contributed by atoms with van der Waals surface area (Å²) < 4.78 is 1.02. The highest BCUT2D eigenvalue weighted by atomic mass is 79.9. The minimum Gasteiger partial charge on any atom is -0.350 e. The molecule has 0 aliphatic carbocycles. The van der Waals surface area contributed by atoms with Crippen LogP contribution in [0.15, 0.2) is 40.2 Å². The van der Waals surface area contributed by atoms with Gasteiger partial charge in [0.05, 0.1) is 6.04 Å². The van der Waals surface area contributed by atoms with Crippen LogP contribution in [0.2, 0.25) is 0 Å². The van der Waals surface area contributed by atoms with Gasteiger partial charge in [-0.25, -0.2) is 0 Å². The van der Waals surface area contributed by atoms with Gasteiger partial charge in [-0.05, 0) is 56.2 Å². The maximum absolute atomic E-state index is 12.3. The molecule has 1 unspecified atom stereocenters. The van der Waals surface area contributed by atoms with Gasteiger partial charge in [-0.3, -0.25) is 4.79 Å². The summed E-state index contributed by atoms with van der Waals surface area (Å²) in [5, 5.41) is 5.09. The fourth-order valence-corrected chi connectivity index (χ4v) is 3.27. The Morgan fingerprint density at radius 3 is 2.71 bits per heavy atom. The second-order valence-electron chi connectivity index (χ2n) is 5.17. The van der Waals surface area contributed by atoms with Gasteiger partial charge >= 0.3 is 0 Å². The molecular weight excluding hydrogens is 348 g/mol. The average molecular weight is 367 g/mol. The third-order valence-electron chi connectivity index (χ3n) is 3.37. The van der Waals surface area contributed by atoms with Crippen molar-refractivity contribution in [3.63, 3.8) is 0 Å². The van der Waals surface area contributed by atoms with Gasteiger partial charge in [0.2, 0.25) is 0 Å². The largest absolute Gasteiger partial charge is 0.350 e. The lowest BCUT2D eigenvalue weighted by Crippen LogP contribution is -2.34. The molecule has 2 rings (SSSR count). The highest BCUT2D eigenvalue weighted by molar-refractivity contribution is 9.10.